The number of ether oxygens (including phenoxy) is 1. The van der Waals surface area contributed by atoms with Crippen molar-refractivity contribution in [1.29, 1.82) is 0 Å². The second kappa shape index (κ2) is 6.57. The first kappa shape index (κ1) is 11.2. The zero-order chi connectivity index (χ0) is 10.2. The molecule has 0 radical (unpaired) electrons. The Morgan fingerprint density at radius 2 is 2.00 bits per heavy atom. The molecule has 0 aliphatic heterocycles. The summed E-state index contributed by atoms with van der Waals surface area (Å²) in [5.41, 5.74) is 1.34. The first-order valence-corrected chi connectivity index (χ1v) is 5.12. The molecule has 0 saturated carbocycles. The second-order valence-electron chi connectivity index (χ2n) is 3.43. The second-order valence-corrected chi connectivity index (χ2v) is 3.43. The SMILES string of the molecule is COCCCN[C@@H](C)c1ccccc1. The van der Waals surface area contributed by atoms with Gasteiger partial charge in [0.15, 0.2) is 0 Å². The summed E-state index contributed by atoms with van der Waals surface area (Å²) in [5.74, 6) is 0. The van der Waals surface area contributed by atoms with Crippen LogP contribution in [0.25, 0.3) is 0 Å². The van der Waals surface area contributed by atoms with E-state index >= 15 is 0 Å². The molecule has 14 heavy (non-hydrogen) atoms. The number of benzene rings is 1. The topological polar surface area (TPSA) is 21.3 Å². The molecule has 0 saturated heterocycles. The van der Waals surface area contributed by atoms with Gasteiger partial charge in [-0.15, -0.1) is 0 Å². The van der Waals surface area contributed by atoms with Crippen molar-refractivity contribution in [1.82, 2.24) is 5.32 Å². The monoisotopic (exact) mass is 193 g/mol. The normalized spacial score (nSPS) is 12.7. The van der Waals surface area contributed by atoms with Gasteiger partial charge in [-0.1, -0.05) is 30.3 Å². The van der Waals surface area contributed by atoms with E-state index in [1.807, 2.05) is 6.07 Å². The summed E-state index contributed by atoms with van der Waals surface area (Å²) in [6.45, 7) is 4.01. The van der Waals surface area contributed by atoms with Gasteiger partial charge in [0.25, 0.3) is 0 Å². The summed E-state index contributed by atoms with van der Waals surface area (Å²) in [6.07, 6.45) is 1.06. The zero-order valence-corrected chi connectivity index (χ0v) is 8.99. The molecule has 0 aliphatic carbocycles. The average molecular weight is 193 g/mol. The lowest BCUT2D eigenvalue weighted by Gasteiger charge is -2.13. The third-order valence-electron chi connectivity index (χ3n) is 2.28. The van der Waals surface area contributed by atoms with Crippen molar-refractivity contribution in [2.24, 2.45) is 0 Å². The van der Waals surface area contributed by atoms with E-state index < -0.39 is 0 Å². The van der Waals surface area contributed by atoms with Gasteiger partial charge in [0.1, 0.15) is 0 Å². The Labute approximate surface area is 86.3 Å². The maximum atomic E-state index is 4.99. The Bertz CT molecular complexity index is 235. The molecule has 0 unspecified atom stereocenters. The fourth-order valence-electron chi connectivity index (χ4n) is 1.39. The summed E-state index contributed by atoms with van der Waals surface area (Å²) >= 11 is 0. The number of nitrogens with one attached hydrogen (secondary N) is 1. The summed E-state index contributed by atoms with van der Waals surface area (Å²) in [6, 6.07) is 10.9. The van der Waals surface area contributed by atoms with Gasteiger partial charge in [0.2, 0.25) is 0 Å². The lowest BCUT2D eigenvalue weighted by molar-refractivity contribution is 0.193. The van der Waals surface area contributed by atoms with E-state index in [1.165, 1.54) is 5.56 Å². The van der Waals surface area contributed by atoms with Gasteiger partial charge in [0, 0.05) is 19.8 Å². The number of rotatable bonds is 6. The fraction of sp³-hybridized carbons (Fsp3) is 0.500. The molecule has 0 spiro atoms. The van der Waals surface area contributed by atoms with Gasteiger partial charge in [0.05, 0.1) is 0 Å². The van der Waals surface area contributed by atoms with Crippen LogP contribution in [0.2, 0.25) is 0 Å². The Kier molecular flexibility index (Phi) is 5.27. The first-order valence-electron chi connectivity index (χ1n) is 5.12. The molecule has 0 bridgehead atoms. The quantitative estimate of drug-likeness (QED) is 0.700. The molecule has 1 rings (SSSR count). The predicted octanol–water partition coefficient (Wildman–Crippen LogP) is 2.37. The van der Waals surface area contributed by atoms with Gasteiger partial charge < -0.3 is 10.1 Å². The molecule has 0 amide bonds. The van der Waals surface area contributed by atoms with Crippen LogP contribution in [0.3, 0.4) is 0 Å². The van der Waals surface area contributed by atoms with Crippen LogP contribution >= 0.6 is 0 Å². The highest BCUT2D eigenvalue weighted by molar-refractivity contribution is 5.17. The van der Waals surface area contributed by atoms with E-state index in [0.717, 1.165) is 19.6 Å². The minimum Gasteiger partial charge on any atom is -0.385 e. The molecule has 0 heterocycles. The fourth-order valence-corrected chi connectivity index (χ4v) is 1.39. The van der Waals surface area contributed by atoms with Gasteiger partial charge in [-0.25, -0.2) is 0 Å². The lowest BCUT2D eigenvalue weighted by Crippen LogP contribution is -2.20. The van der Waals surface area contributed by atoms with E-state index in [-0.39, 0.29) is 0 Å². The molecular weight excluding hydrogens is 174 g/mol. The first-order chi connectivity index (χ1) is 6.84. The molecule has 0 aliphatic rings. The molecule has 1 N–H and O–H groups in total. The number of methoxy groups -OCH3 is 1. The summed E-state index contributed by atoms with van der Waals surface area (Å²) in [4.78, 5) is 0. The molecule has 78 valence electrons. The van der Waals surface area contributed by atoms with Crippen LogP contribution in [0.1, 0.15) is 24.9 Å². The molecule has 2 heteroatoms. The van der Waals surface area contributed by atoms with Gasteiger partial charge >= 0.3 is 0 Å². The van der Waals surface area contributed by atoms with Crippen LogP contribution in [0.15, 0.2) is 30.3 Å². The van der Waals surface area contributed by atoms with Gasteiger partial charge in [-0.05, 0) is 25.5 Å². The molecule has 0 fully saturated rings. The smallest absolute Gasteiger partial charge is 0.0474 e. The van der Waals surface area contributed by atoms with Crippen molar-refractivity contribution in [3.8, 4) is 0 Å². The molecule has 1 aromatic rings. The molecule has 0 aromatic heterocycles. The van der Waals surface area contributed by atoms with Crippen LogP contribution in [0, 0.1) is 0 Å². The molecule has 2 nitrogen and oxygen atoms in total. The standard InChI is InChI=1S/C12H19NO/c1-11(13-9-6-10-14-2)12-7-4-3-5-8-12/h3-5,7-8,11,13H,6,9-10H2,1-2H3/t11-/m0/s1. The lowest BCUT2D eigenvalue weighted by atomic mass is 10.1. The van der Waals surface area contributed by atoms with E-state index in [9.17, 15) is 0 Å². The highest BCUT2D eigenvalue weighted by Gasteiger charge is 2.01. The van der Waals surface area contributed by atoms with Gasteiger partial charge in [-0.2, -0.15) is 0 Å². The minimum absolute atomic E-state index is 0.424. The average Bonchev–Trinajstić information content (AvgIpc) is 2.25. The molecule has 1 atom stereocenters. The summed E-state index contributed by atoms with van der Waals surface area (Å²) in [7, 11) is 1.74. The highest BCUT2D eigenvalue weighted by Crippen LogP contribution is 2.10. The molecular formula is C12H19NO. The Balaban J connectivity index is 2.25. The van der Waals surface area contributed by atoms with Crippen molar-refractivity contribution in [3.05, 3.63) is 35.9 Å². The molecule has 1 aromatic carbocycles. The van der Waals surface area contributed by atoms with Crippen LogP contribution in [-0.2, 0) is 4.74 Å². The zero-order valence-electron chi connectivity index (χ0n) is 8.99. The highest BCUT2D eigenvalue weighted by atomic mass is 16.5. The van der Waals surface area contributed by atoms with E-state index in [2.05, 4.69) is 36.5 Å². The predicted molar refractivity (Wildman–Crippen MR) is 59.4 cm³/mol. The van der Waals surface area contributed by atoms with Crippen molar-refractivity contribution in [3.63, 3.8) is 0 Å². The van der Waals surface area contributed by atoms with Crippen LogP contribution in [0.5, 0.6) is 0 Å². The van der Waals surface area contributed by atoms with Crippen molar-refractivity contribution in [2.45, 2.75) is 19.4 Å². The minimum atomic E-state index is 0.424. The Morgan fingerprint density at radius 1 is 1.29 bits per heavy atom. The van der Waals surface area contributed by atoms with Gasteiger partial charge in [-0.3, -0.25) is 0 Å². The number of hydrogen-bond acceptors (Lipinski definition) is 2. The Hall–Kier alpha value is -0.860. The van der Waals surface area contributed by atoms with Crippen LogP contribution in [0.4, 0.5) is 0 Å². The van der Waals surface area contributed by atoms with Crippen molar-refractivity contribution >= 4 is 0 Å². The van der Waals surface area contributed by atoms with E-state index in [0.29, 0.717) is 6.04 Å². The van der Waals surface area contributed by atoms with Crippen LogP contribution in [-0.4, -0.2) is 20.3 Å². The third kappa shape index (κ3) is 3.90. The Morgan fingerprint density at radius 3 is 2.64 bits per heavy atom. The van der Waals surface area contributed by atoms with Crippen molar-refractivity contribution in [2.75, 3.05) is 20.3 Å². The largest absolute Gasteiger partial charge is 0.385 e. The van der Waals surface area contributed by atoms with E-state index in [4.69, 9.17) is 4.74 Å². The van der Waals surface area contributed by atoms with E-state index in [1.54, 1.807) is 7.11 Å². The van der Waals surface area contributed by atoms with Crippen LogP contribution < -0.4 is 5.32 Å². The maximum Gasteiger partial charge on any atom is 0.0474 e. The maximum absolute atomic E-state index is 4.99. The van der Waals surface area contributed by atoms with Crippen molar-refractivity contribution < 1.29 is 4.74 Å². The third-order valence-corrected chi connectivity index (χ3v) is 2.28. The summed E-state index contributed by atoms with van der Waals surface area (Å²) in [5, 5.41) is 3.45. The summed E-state index contributed by atoms with van der Waals surface area (Å²) < 4.78 is 4.99. The number of hydrogen-bond donors (Lipinski definition) is 1.